The van der Waals surface area contributed by atoms with E-state index in [0.29, 0.717) is 28.0 Å². The van der Waals surface area contributed by atoms with Gasteiger partial charge in [0.25, 0.3) is 0 Å². The first-order chi connectivity index (χ1) is 18.9. The minimum atomic E-state index is -0.625. The highest BCUT2D eigenvalue weighted by Gasteiger charge is 2.25. The molecule has 0 amide bonds. The maximum atomic E-state index is 12.7. The molecule has 0 fully saturated rings. The van der Waals surface area contributed by atoms with Crippen LogP contribution in [0, 0.1) is 0 Å². The summed E-state index contributed by atoms with van der Waals surface area (Å²) in [5, 5.41) is 0.279. The Labute approximate surface area is 238 Å². The largest absolute Gasteiger partial charge is 0.490 e. The number of benzene rings is 4. The molecule has 39 heavy (non-hydrogen) atoms. The number of cyclic esters (lactones) is 1. The lowest BCUT2D eigenvalue weighted by molar-refractivity contribution is -0.129. The van der Waals surface area contributed by atoms with Gasteiger partial charge in [-0.1, -0.05) is 66.2 Å². The van der Waals surface area contributed by atoms with Crippen molar-refractivity contribution in [2.45, 2.75) is 6.92 Å². The zero-order valence-electron chi connectivity index (χ0n) is 20.7. The minimum absolute atomic E-state index is 0.132. The molecule has 0 saturated heterocycles. The molecule has 8 heteroatoms. The Kier molecular flexibility index (Phi) is 7.91. The second-order valence-electron chi connectivity index (χ2n) is 8.41. The van der Waals surface area contributed by atoms with Gasteiger partial charge in [-0.15, -0.1) is 0 Å². The Hall–Kier alpha value is -4.20. The predicted molar refractivity (Wildman–Crippen MR) is 154 cm³/mol. The van der Waals surface area contributed by atoms with Crippen molar-refractivity contribution in [2.24, 2.45) is 4.99 Å². The summed E-state index contributed by atoms with van der Waals surface area (Å²) in [5.74, 6) is -0.465. The van der Waals surface area contributed by atoms with Gasteiger partial charge in [0.1, 0.15) is 0 Å². The van der Waals surface area contributed by atoms with E-state index in [1.54, 1.807) is 42.5 Å². The molecule has 1 aliphatic heterocycles. The number of nitrogens with zero attached hydrogens (tertiary/aromatic N) is 1. The van der Waals surface area contributed by atoms with Gasteiger partial charge in [0.15, 0.2) is 17.2 Å². The highest BCUT2D eigenvalue weighted by molar-refractivity contribution is 9.10. The maximum absolute atomic E-state index is 12.7. The maximum Gasteiger partial charge on any atom is 0.363 e. The number of carbonyl (C=O) groups excluding carboxylic acids is 2. The van der Waals surface area contributed by atoms with Gasteiger partial charge in [0.05, 0.1) is 21.7 Å². The number of ether oxygens (including phenoxy) is 3. The molecular formula is C31H21BrClNO5. The van der Waals surface area contributed by atoms with Crippen molar-refractivity contribution in [3.05, 3.63) is 123 Å². The second-order valence-corrected chi connectivity index (χ2v) is 9.67. The van der Waals surface area contributed by atoms with E-state index in [1.165, 1.54) is 0 Å². The number of rotatable bonds is 7. The van der Waals surface area contributed by atoms with E-state index in [2.05, 4.69) is 20.9 Å². The van der Waals surface area contributed by atoms with Crippen LogP contribution >= 0.6 is 27.5 Å². The van der Waals surface area contributed by atoms with Crippen LogP contribution in [0.3, 0.4) is 0 Å². The van der Waals surface area contributed by atoms with E-state index in [0.717, 1.165) is 11.1 Å². The molecule has 0 atom stereocenters. The molecule has 0 radical (unpaired) electrons. The molecule has 1 aliphatic rings. The molecule has 0 N–H and O–H groups in total. The zero-order valence-corrected chi connectivity index (χ0v) is 23.0. The van der Waals surface area contributed by atoms with Gasteiger partial charge in [-0.05, 0) is 82.0 Å². The Morgan fingerprint density at radius 3 is 2.33 bits per heavy atom. The summed E-state index contributed by atoms with van der Waals surface area (Å²) in [7, 11) is 0. The molecule has 0 saturated carbocycles. The van der Waals surface area contributed by atoms with E-state index in [4.69, 9.17) is 25.8 Å². The van der Waals surface area contributed by atoms with Crippen molar-refractivity contribution < 1.29 is 23.8 Å². The van der Waals surface area contributed by atoms with Gasteiger partial charge in [-0.2, -0.15) is 0 Å². The quantitative estimate of drug-likeness (QED) is 0.123. The fourth-order valence-electron chi connectivity index (χ4n) is 3.93. The topological polar surface area (TPSA) is 74.2 Å². The lowest BCUT2D eigenvalue weighted by Crippen LogP contribution is -2.11. The molecule has 0 bridgehead atoms. The van der Waals surface area contributed by atoms with E-state index in [-0.39, 0.29) is 27.9 Å². The van der Waals surface area contributed by atoms with Crippen LogP contribution in [0.1, 0.15) is 28.4 Å². The number of hydrogen-bond acceptors (Lipinski definition) is 6. The Morgan fingerprint density at radius 2 is 1.62 bits per heavy atom. The van der Waals surface area contributed by atoms with Crippen molar-refractivity contribution in [1.29, 1.82) is 0 Å². The van der Waals surface area contributed by atoms with Gasteiger partial charge in [0, 0.05) is 5.56 Å². The van der Waals surface area contributed by atoms with Crippen molar-refractivity contribution >= 4 is 51.4 Å². The highest BCUT2D eigenvalue weighted by atomic mass is 79.9. The van der Waals surface area contributed by atoms with Gasteiger partial charge in [-0.3, -0.25) is 0 Å². The molecule has 1 heterocycles. The predicted octanol–water partition coefficient (Wildman–Crippen LogP) is 7.73. The van der Waals surface area contributed by atoms with E-state index in [1.807, 2.05) is 61.5 Å². The number of halogens is 2. The third-order valence-electron chi connectivity index (χ3n) is 5.78. The first kappa shape index (κ1) is 26.4. The van der Waals surface area contributed by atoms with E-state index >= 15 is 0 Å². The van der Waals surface area contributed by atoms with Gasteiger partial charge in [-0.25, -0.2) is 14.6 Å². The average molecular weight is 603 g/mol. The first-order valence-electron chi connectivity index (χ1n) is 12.0. The normalized spacial score (nSPS) is 13.7. The van der Waals surface area contributed by atoms with Crippen LogP contribution in [0.4, 0.5) is 0 Å². The Balaban J connectivity index is 1.41. The summed E-state index contributed by atoms with van der Waals surface area (Å²) in [6, 6.07) is 27.6. The SMILES string of the molecule is CCOc1cc(/C=C2\N=C(c3ccc(-c4ccccc4)cc3)OC2=O)cc(Br)c1OC(=O)c1ccccc1Cl. The molecular weight excluding hydrogens is 582 g/mol. The number of hydrogen-bond donors (Lipinski definition) is 0. The Morgan fingerprint density at radius 1 is 0.949 bits per heavy atom. The molecule has 4 aromatic carbocycles. The average Bonchev–Trinajstić information content (AvgIpc) is 3.31. The molecule has 4 aromatic rings. The molecule has 0 aromatic heterocycles. The summed E-state index contributed by atoms with van der Waals surface area (Å²) in [6.07, 6.45) is 1.58. The second kappa shape index (κ2) is 11.7. The summed E-state index contributed by atoms with van der Waals surface area (Å²) in [4.78, 5) is 29.8. The fourth-order valence-corrected chi connectivity index (χ4v) is 4.69. The standard InChI is InChI=1S/C31H21BrClNO5/c1-2-37-27-18-19(16-24(32)28(27)38-30(35)23-10-6-7-11-25(23)33)17-26-31(36)39-29(34-26)22-14-12-21(13-15-22)20-8-4-3-5-9-20/h3-18H,2H2,1H3/b26-17-. The van der Waals surface area contributed by atoms with Gasteiger partial charge < -0.3 is 14.2 Å². The van der Waals surface area contributed by atoms with Crippen LogP contribution in [-0.2, 0) is 9.53 Å². The summed E-state index contributed by atoms with van der Waals surface area (Å²) < 4.78 is 17.2. The first-order valence-corrected chi connectivity index (χ1v) is 13.2. The van der Waals surface area contributed by atoms with Crippen LogP contribution in [0.25, 0.3) is 17.2 Å². The molecule has 0 aliphatic carbocycles. The Bertz CT molecular complexity index is 1610. The lowest BCUT2D eigenvalue weighted by atomic mass is 10.0. The summed E-state index contributed by atoms with van der Waals surface area (Å²) >= 11 is 9.60. The number of esters is 2. The minimum Gasteiger partial charge on any atom is -0.490 e. The highest BCUT2D eigenvalue weighted by Crippen LogP contribution is 2.38. The number of carbonyl (C=O) groups is 2. The van der Waals surface area contributed by atoms with Crippen LogP contribution in [0.2, 0.25) is 5.02 Å². The molecule has 194 valence electrons. The van der Waals surface area contributed by atoms with Crippen LogP contribution in [0.5, 0.6) is 11.5 Å². The van der Waals surface area contributed by atoms with Gasteiger partial charge in [0.2, 0.25) is 5.90 Å². The van der Waals surface area contributed by atoms with Crippen molar-refractivity contribution in [1.82, 2.24) is 0 Å². The van der Waals surface area contributed by atoms with Crippen LogP contribution < -0.4 is 9.47 Å². The third kappa shape index (κ3) is 5.95. The zero-order chi connectivity index (χ0) is 27.4. The van der Waals surface area contributed by atoms with Crippen LogP contribution in [-0.4, -0.2) is 24.4 Å². The van der Waals surface area contributed by atoms with E-state index in [9.17, 15) is 9.59 Å². The molecule has 0 unspecified atom stereocenters. The number of aliphatic imine (C=N–C) groups is 1. The smallest absolute Gasteiger partial charge is 0.363 e. The van der Waals surface area contributed by atoms with Crippen molar-refractivity contribution in [2.75, 3.05) is 6.61 Å². The fraction of sp³-hybridized carbons (Fsp3) is 0.0645. The molecule has 5 rings (SSSR count). The van der Waals surface area contributed by atoms with Crippen molar-refractivity contribution in [3.8, 4) is 22.6 Å². The van der Waals surface area contributed by atoms with Gasteiger partial charge >= 0.3 is 11.9 Å². The summed E-state index contributed by atoms with van der Waals surface area (Å²) in [6.45, 7) is 2.14. The monoisotopic (exact) mass is 601 g/mol. The third-order valence-corrected chi connectivity index (χ3v) is 6.70. The molecule has 0 spiro atoms. The lowest BCUT2D eigenvalue weighted by Gasteiger charge is -2.14. The van der Waals surface area contributed by atoms with Crippen LogP contribution in [0.15, 0.2) is 106 Å². The van der Waals surface area contributed by atoms with E-state index < -0.39 is 11.9 Å². The summed E-state index contributed by atoms with van der Waals surface area (Å²) in [5.41, 5.74) is 3.78. The molecule has 6 nitrogen and oxygen atoms in total. The van der Waals surface area contributed by atoms with Crippen molar-refractivity contribution in [3.63, 3.8) is 0 Å².